The van der Waals surface area contributed by atoms with Gasteiger partial charge < -0.3 is 5.11 Å². The second kappa shape index (κ2) is 2.98. The summed E-state index contributed by atoms with van der Waals surface area (Å²) in [5.74, 6) is 0.641. The van der Waals surface area contributed by atoms with Crippen LogP contribution in [-0.4, -0.2) is 11.2 Å². The fourth-order valence-electron chi connectivity index (χ4n) is 1.86. The number of allylic oxidation sites excluding steroid dienone is 1. The van der Waals surface area contributed by atoms with Crippen molar-refractivity contribution < 1.29 is 5.11 Å². The van der Waals surface area contributed by atoms with E-state index in [1.54, 1.807) is 0 Å². The molecule has 0 aliphatic heterocycles. The van der Waals surface area contributed by atoms with Crippen molar-refractivity contribution in [3.8, 4) is 0 Å². The molecule has 0 saturated carbocycles. The summed E-state index contributed by atoms with van der Waals surface area (Å²) in [6, 6.07) is 0. The number of aliphatic hydroxyl groups excluding tert-OH is 1. The number of rotatable bonds is 1. The summed E-state index contributed by atoms with van der Waals surface area (Å²) >= 11 is 0. The third kappa shape index (κ3) is 1.48. The van der Waals surface area contributed by atoms with E-state index in [1.165, 1.54) is 0 Å². The predicted molar refractivity (Wildman–Crippen MR) is 47.3 cm³/mol. The Bertz CT molecular complexity index is 158. The fraction of sp³-hybridized carbons (Fsp3) is 0.800. The molecule has 0 aromatic rings. The minimum atomic E-state index is -0.249. The van der Waals surface area contributed by atoms with Gasteiger partial charge in [-0.25, -0.2) is 0 Å². The Hall–Kier alpha value is -0.300. The van der Waals surface area contributed by atoms with Crippen molar-refractivity contribution in [3.63, 3.8) is 0 Å². The number of aliphatic hydroxyl groups is 1. The molecule has 11 heavy (non-hydrogen) atoms. The van der Waals surface area contributed by atoms with Crippen LogP contribution in [0.2, 0.25) is 0 Å². The van der Waals surface area contributed by atoms with Gasteiger partial charge in [-0.1, -0.05) is 39.3 Å². The van der Waals surface area contributed by atoms with Gasteiger partial charge in [0, 0.05) is 0 Å². The highest BCUT2D eigenvalue weighted by atomic mass is 16.3. The first-order valence-electron chi connectivity index (χ1n) is 4.43. The molecule has 1 rings (SSSR count). The van der Waals surface area contributed by atoms with E-state index in [1.807, 2.05) is 6.08 Å². The first kappa shape index (κ1) is 8.79. The number of hydrogen-bond donors (Lipinski definition) is 1. The van der Waals surface area contributed by atoms with Crippen molar-refractivity contribution >= 4 is 0 Å². The molecule has 0 aromatic carbocycles. The smallest absolute Gasteiger partial charge is 0.0774 e. The molecule has 2 atom stereocenters. The molecular formula is C10H18O. The van der Waals surface area contributed by atoms with Crippen LogP contribution >= 0.6 is 0 Å². The maximum Gasteiger partial charge on any atom is 0.0774 e. The highest BCUT2D eigenvalue weighted by molar-refractivity contribution is 5.05. The van der Waals surface area contributed by atoms with Crippen molar-refractivity contribution in [2.45, 2.75) is 39.7 Å². The monoisotopic (exact) mass is 154 g/mol. The lowest BCUT2D eigenvalue weighted by Gasteiger charge is -2.39. The molecule has 0 heterocycles. The Morgan fingerprint density at radius 1 is 1.55 bits per heavy atom. The van der Waals surface area contributed by atoms with Gasteiger partial charge in [0.1, 0.15) is 0 Å². The van der Waals surface area contributed by atoms with Crippen LogP contribution in [0.15, 0.2) is 12.2 Å². The minimum absolute atomic E-state index is 0.0729. The first-order chi connectivity index (χ1) is 5.09. The summed E-state index contributed by atoms with van der Waals surface area (Å²) in [5.41, 5.74) is 0.0729. The molecule has 0 fully saturated rings. The molecule has 1 nitrogen and oxygen atoms in total. The molecule has 0 radical (unpaired) electrons. The molecule has 0 spiro atoms. The Morgan fingerprint density at radius 2 is 2.18 bits per heavy atom. The third-order valence-corrected chi connectivity index (χ3v) is 3.05. The quantitative estimate of drug-likeness (QED) is 0.575. The van der Waals surface area contributed by atoms with Crippen LogP contribution in [0.5, 0.6) is 0 Å². The van der Waals surface area contributed by atoms with Gasteiger partial charge in [-0.05, 0) is 17.8 Å². The Labute approximate surface area is 69.1 Å². The van der Waals surface area contributed by atoms with E-state index >= 15 is 0 Å². The summed E-state index contributed by atoms with van der Waals surface area (Å²) in [5, 5.41) is 9.65. The lowest BCUT2D eigenvalue weighted by molar-refractivity contribution is 0.0305. The van der Waals surface area contributed by atoms with Crippen molar-refractivity contribution in [2.75, 3.05) is 0 Å². The number of hydrogen-bond acceptors (Lipinski definition) is 1. The minimum Gasteiger partial charge on any atom is -0.388 e. The zero-order chi connectivity index (χ0) is 8.48. The summed E-state index contributed by atoms with van der Waals surface area (Å²) in [6.07, 6.45) is 6.06. The lowest BCUT2D eigenvalue weighted by atomic mass is 9.69. The molecule has 1 heteroatoms. The average molecular weight is 154 g/mol. The molecule has 1 N–H and O–H groups in total. The highest BCUT2D eigenvalue weighted by Crippen LogP contribution is 2.39. The normalized spacial score (nSPS) is 35.6. The molecule has 0 saturated heterocycles. The highest BCUT2D eigenvalue weighted by Gasteiger charge is 2.35. The van der Waals surface area contributed by atoms with Gasteiger partial charge in [-0.2, -0.15) is 0 Å². The average Bonchev–Trinajstić information content (AvgIpc) is 1.95. The zero-order valence-corrected chi connectivity index (χ0v) is 7.67. The topological polar surface area (TPSA) is 20.2 Å². The molecule has 1 aliphatic carbocycles. The summed E-state index contributed by atoms with van der Waals surface area (Å²) < 4.78 is 0. The van der Waals surface area contributed by atoms with Crippen molar-refractivity contribution in [1.82, 2.24) is 0 Å². The van der Waals surface area contributed by atoms with E-state index in [0.717, 1.165) is 12.8 Å². The first-order valence-corrected chi connectivity index (χ1v) is 4.43. The third-order valence-electron chi connectivity index (χ3n) is 3.05. The van der Waals surface area contributed by atoms with Gasteiger partial charge in [0.25, 0.3) is 0 Å². The van der Waals surface area contributed by atoms with Crippen LogP contribution in [0.3, 0.4) is 0 Å². The van der Waals surface area contributed by atoms with Crippen molar-refractivity contribution in [1.29, 1.82) is 0 Å². The van der Waals surface area contributed by atoms with E-state index in [4.69, 9.17) is 0 Å². The van der Waals surface area contributed by atoms with Crippen LogP contribution in [0.4, 0.5) is 0 Å². The molecule has 64 valence electrons. The second-order valence-corrected chi connectivity index (χ2v) is 4.04. The van der Waals surface area contributed by atoms with Crippen LogP contribution in [-0.2, 0) is 0 Å². The van der Waals surface area contributed by atoms with Crippen molar-refractivity contribution in [3.05, 3.63) is 12.2 Å². The van der Waals surface area contributed by atoms with E-state index in [9.17, 15) is 5.11 Å². The molecule has 0 aromatic heterocycles. The second-order valence-electron chi connectivity index (χ2n) is 4.04. The van der Waals surface area contributed by atoms with Crippen LogP contribution in [0.1, 0.15) is 33.6 Å². The molecule has 1 unspecified atom stereocenters. The van der Waals surface area contributed by atoms with Gasteiger partial charge >= 0.3 is 0 Å². The predicted octanol–water partition coefficient (Wildman–Crippen LogP) is 2.36. The maximum absolute atomic E-state index is 9.65. The lowest BCUT2D eigenvalue weighted by Crippen LogP contribution is -2.37. The van der Waals surface area contributed by atoms with Gasteiger partial charge in [-0.15, -0.1) is 0 Å². The SMILES string of the molecule is CC[C@H]1CC=CC(O)C1(C)C. The van der Waals surface area contributed by atoms with Crippen LogP contribution < -0.4 is 0 Å². The zero-order valence-electron chi connectivity index (χ0n) is 7.67. The van der Waals surface area contributed by atoms with Gasteiger partial charge in [0.2, 0.25) is 0 Å². The van der Waals surface area contributed by atoms with Crippen molar-refractivity contribution in [2.24, 2.45) is 11.3 Å². The van der Waals surface area contributed by atoms with Gasteiger partial charge in [0.05, 0.1) is 6.10 Å². The molecule has 1 aliphatic rings. The standard InChI is InChI=1S/C10H18O/c1-4-8-6-5-7-9(11)10(8,2)3/h5,7-9,11H,4,6H2,1-3H3/t8-,9?/m0/s1. The van der Waals surface area contributed by atoms with E-state index in [-0.39, 0.29) is 11.5 Å². The Morgan fingerprint density at radius 3 is 2.64 bits per heavy atom. The van der Waals surface area contributed by atoms with Gasteiger partial charge in [0.15, 0.2) is 0 Å². The largest absolute Gasteiger partial charge is 0.388 e. The Kier molecular flexibility index (Phi) is 2.38. The Balaban J connectivity index is 2.77. The molecular weight excluding hydrogens is 136 g/mol. The summed E-state index contributed by atoms with van der Waals surface area (Å²) in [7, 11) is 0. The molecule has 0 bridgehead atoms. The fourth-order valence-corrected chi connectivity index (χ4v) is 1.86. The van der Waals surface area contributed by atoms with E-state index in [0.29, 0.717) is 5.92 Å². The maximum atomic E-state index is 9.65. The van der Waals surface area contributed by atoms with E-state index in [2.05, 4.69) is 26.8 Å². The summed E-state index contributed by atoms with van der Waals surface area (Å²) in [4.78, 5) is 0. The van der Waals surface area contributed by atoms with E-state index < -0.39 is 0 Å². The molecule has 0 amide bonds. The van der Waals surface area contributed by atoms with Crippen LogP contribution in [0.25, 0.3) is 0 Å². The summed E-state index contributed by atoms with van der Waals surface area (Å²) in [6.45, 7) is 6.49. The van der Waals surface area contributed by atoms with Crippen LogP contribution in [0, 0.1) is 11.3 Å². The van der Waals surface area contributed by atoms with Gasteiger partial charge in [-0.3, -0.25) is 0 Å².